The van der Waals surface area contributed by atoms with Gasteiger partial charge in [0.25, 0.3) is 5.91 Å². The van der Waals surface area contributed by atoms with Crippen LogP contribution in [0.1, 0.15) is 38.2 Å². The van der Waals surface area contributed by atoms with Crippen LogP contribution in [-0.2, 0) is 19.1 Å². The highest BCUT2D eigenvalue weighted by Crippen LogP contribution is 2.17. The van der Waals surface area contributed by atoms with Crippen LogP contribution in [0, 0.1) is 0 Å². The Bertz CT molecular complexity index is 678. The largest absolute Gasteiger partial charge is 0.497 e. The summed E-state index contributed by atoms with van der Waals surface area (Å²) in [6, 6.07) is 6.52. The van der Waals surface area contributed by atoms with Crippen molar-refractivity contribution in [3.8, 4) is 5.75 Å². The SMILES string of the molecule is COc1ccc(/C=C/C(=O)N[C@@H](C)C(=O)OCC(=O)NC2CCCC2)cc1. The van der Waals surface area contributed by atoms with Gasteiger partial charge in [0.05, 0.1) is 7.11 Å². The van der Waals surface area contributed by atoms with Gasteiger partial charge < -0.3 is 20.1 Å². The Morgan fingerprint density at radius 3 is 2.48 bits per heavy atom. The quantitative estimate of drug-likeness (QED) is 0.535. The maximum atomic E-state index is 11.9. The van der Waals surface area contributed by atoms with E-state index >= 15 is 0 Å². The van der Waals surface area contributed by atoms with E-state index in [1.54, 1.807) is 25.3 Å². The molecule has 0 radical (unpaired) electrons. The molecule has 0 unspecified atom stereocenters. The predicted octanol–water partition coefficient (Wildman–Crippen LogP) is 1.82. The molecule has 146 valence electrons. The predicted molar refractivity (Wildman–Crippen MR) is 101 cm³/mol. The molecule has 27 heavy (non-hydrogen) atoms. The Hall–Kier alpha value is -2.83. The lowest BCUT2D eigenvalue weighted by molar-refractivity contribution is -0.151. The molecule has 0 saturated heterocycles. The molecule has 1 aromatic carbocycles. The van der Waals surface area contributed by atoms with E-state index < -0.39 is 17.9 Å². The number of amides is 2. The topological polar surface area (TPSA) is 93.7 Å². The molecule has 1 atom stereocenters. The normalized spacial score (nSPS) is 15.3. The lowest BCUT2D eigenvalue weighted by Gasteiger charge is -2.14. The Balaban J connectivity index is 1.71. The zero-order chi connectivity index (χ0) is 19.6. The van der Waals surface area contributed by atoms with E-state index in [-0.39, 0.29) is 18.6 Å². The first-order chi connectivity index (χ1) is 13.0. The summed E-state index contributed by atoms with van der Waals surface area (Å²) in [7, 11) is 1.58. The van der Waals surface area contributed by atoms with E-state index in [0.717, 1.165) is 37.0 Å². The third-order valence-corrected chi connectivity index (χ3v) is 4.32. The lowest BCUT2D eigenvalue weighted by atomic mass is 10.2. The number of carbonyl (C=O) groups is 3. The highest BCUT2D eigenvalue weighted by molar-refractivity contribution is 5.94. The molecule has 2 N–H and O–H groups in total. The summed E-state index contributed by atoms with van der Waals surface area (Å²) in [5.74, 6) is -0.661. The molecule has 1 aromatic rings. The van der Waals surface area contributed by atoms with E-state index in [0.29, 0.717) is 0 Å². The van der Waals surface area contributed by atoms with E-state index in [1.807, 2.05) is 12.1 Å². The second kappa shape index (κ2) is 10.4. The zero-order valence-corrected chi connectivity index (χ0v) is 15.7. The van der Waals surface area contributed by atoms with Crippen molar-refractivity contribution >= 4 is 23.9 Å². The third-order valence-electron chi connectivity index (χ3n) is 4.32. The molecule has 7 heteroatoms. The molecule has 1 aliphatic rings. The minimum absolute atomic E-state index is 0.177. The van der Waals surface area contributed by atoms with Gasteiger partial charge in [0.2, 0.25) is 5.91 Å². The van der Waals surface area contributed by atoms with Crippen molar-refractivity contribution in [2.45, 2.75) is 44.7 Å². The van der Waals surface area contributed by atoms with Crippen molar-refractivity contribution < 1.29 is 23.9 Å². The average Bonchev–Trinajstić information content (AvgIpc) is 3.17. The number of methoxy groups -OCH3 is 1. The van der Waals surface area contributed by atoms with Gasteiger partial charge in [-0.15, -0.1) is 0 Å². The first-order valence-corrected chi connectivity index (χ1v) is 9.06. The van der Waals surface area contributed by atoms with Crippen molar-refractivity contribution in [2.75, 3.05) is 13.7 Å². The molecule has 2 rings (SSSR count). The number of ether oxygens (including phenoxy) is 2. The average molecular weight is 374 g/mol. The summed E-state index contributed by atoms with van der Waals surface area (Å²) >= 11 is 0. The van der Waals surface area contributed by atoms with Crippen LogP contribution in [0.3, 0.4) is 0 Å². The van der Waals surface area contributed by atoms with Crippen molar-refractivity contribution in [2.24, 2.45) is 0 Å². The van der Waals surface area contributed by atoms with E-state index in [1.165, 1.54) is 13.0 Å². The van der Waals surface area contributed by atoms with Gasteiger partial charge in [-0.05, 0) is 43.5 Å². The van der Waals surface area contributed by atoms with Gasteiger partial charge in [0, 0.05) is 12.1 Å². The first kappa shape index (κ1) is 20.5. The standard InChI is InChI=1S/C20H26N2O5/c1-14(20(25)27-13-19(24)22-16-5-3-4-6-16)21-18(23)12-9-15-7-10-17(26-2)11-8-15/h7-12,14,16H,3-6,13H2,1-2H3,(H,21,23)(H,22,24)/b12-9+/t14-/m0/s1. The van der Waals surface area contributed by atoms with Crippen LogP contribution in [0.2, 0.25) is 0 Å². The molecule has 7 nitrogen and oxygen atoms in total. The second-order valence-corrected chi connectivity index (χ2v) is 6.49. The van der Waals surface area contributed by atoms with Crippen molar-refractivity contribution in [3.63, 3.8) is 0 Å². The maximum Gasteiger partial charge on any atom is 0.328 e. The fourth-order valence-corrected chi connectivity index (χ4v) is 2.81. The van der Waals surface area contributed by atoms with E-state index in [9.17, 15) is 14.4 Å². The fraction of sp³-hybridized carbons (Fsp3) is 0.450. The molecule has 1 saturated carbocycles. The Labute approximate surface area is 159 Å². The molecular formula is C20H26N2O5. The molecular weight excluding hydrogens is 348 g/mol. The van der Waals surface area contributed by atoms with Crippen LogP contribution < -0.4 is 15.4 Å². The number of rotatable bonds is 8. The Kier molecular flexibility index (Phi) is 7.85. The van der Waals surface area contributed by atoms with Crippen LogP contribution in [0.25, 0.3) is 6.08 Å². The highest BCUT2D eigenvalue weighted by Gasteiger charge is 2.20. The first-order valence-electron chi connectivity index (χ1n) is 9.06. The highest BCUT2D eigenvalue weighted by atomic mass is 16.5. The third kappa shape index (κ3) is 7.13. The number of esters is 1. The van der Waals surface area contributed by atoms with Crippen LogP contribution in [0.15, 0.2) is 30.3 Å². The molecule has 0 aliphatic heterocycles. The molecule has 0 heterocycles. The number of nitrogens with one attached hydrogen (secondary N) is 2. The summed E-state index contributed by atoms with van der Waals surface area (Å²) in [5.41, 5.74) is 0.824. The Morgan fingerprint density at radius 2 is 1.85 bits per heavy atom. The van der Waals surface area contributed by atoms with Crippen LogP contribution in [0.5, 0.6) is 5.75 Å². The number of benzene rings is 1. The molecule has 0 aromatic heterocycles. The summed E-state index contributed by atoms with van der Waals surface area (Å²) in [5, 5.41) is 5.35. The maximum absolute atomic E-state index is 11.9. The smallest absolute Gasteiger partial charge is 0.328 e. The Morgan fingerprint density at radius 1 is 1.19 bits per heavy atom. The summed E-state index contributed by atoms with van der Waals surface area (Å²) < 4.78 is 10.0. The molecule has 2 amide bonds. The van der Waals surface area contributed by atoms with Gasteiger partial charge in [-0.25, -0.2) is 4.79 Å². The van der Waals surface area contributed by atoms with Gasteiger partial charge >= 0.3 is 5.97 Å². The van der Waals surface area contributed by atoms with Crippen LogP contribution in [0.4, 0.5) is 0 Å². The molecule has 0 bridgehead atoms. The molecule has 0 spiro atoms. The zero-order valence-electron chi connectivity index (χ0n) is 15.7. The lowest BCUT2D eigenvalue weighted by Crippen LogP contribution is -2.41. The van der Waals surface area contributed by atoms with Gasteiger partial charge in [0.15, 0.2) is 6.61 Å². The fourth-order valence-electron chi connectivity index (χ4n) is 2.81. The summed E-state index contributed by atoms with van der Waals surface area (Å²) in [4.78, 5) is 35.6. The van der Waals surface area contributed by atoms with Crippen LogP contribution >= 0.6 is 0 Å². The minimum Gasteiger partial charge on any atom is -0.497 e. The number of carbonyl (C=O) groups excluding carboxylic acids is 3. The van der Waals surface area contributed by atoms with Gasteiger partial charge in [0.1, 0.15) is 11.8 Å². The van der Waals surface area contributed by atoms with Crippen molar-refractivity contribution in [1.29, 1.82) is 0 Å². The summed E-state index contributed by atoms with van der Waals surface area (Å²) in [6.07, 6.45) is 7.11. The summed E-state index contributed by atoms with van der Waals surface area (Å²) in [6.45, 7) is 1.17. The van der Waals surface area contributed by atoms with Gasteiger partial charge in [-0.1, -0.05) is 25.0 Å². The van der Waals surface area contributed by atoms with E-state index in [2.05, 4.69) is 10.6 Å². The number of hydrogen-bond donors (Lipinski definition) is 2. The molecule has 1 aliphatic carbocycles. The minimum atomic E-state index is -0.850. The molecule has 1 fully saturated rings. The van der Waals surface area contributed by atoms with Crippen LogP contribution in [-0.4, -0.2) is 43.6 Å². The number of hydrogen-bond acceptors (Lipinski definition) is 5. The van der Waals surface area contributed by atoms with Crippen molar-refractivity contribution in [3.05, 3.63) is 35.9 Å². The van der Waals surface area contributed by atoms with Gasteiger partial charge in [-0.3, -0.25) is 9.59 Å². The van der Waals surface area contributed by atoms with Gasteiger partial charge in [-0.2, -0.15) is 0 Å². The monoisotopic (exact) mass is 374 g/mol. The second-order valence-electron chi connectivity index (χ2n) is 6.49. The van der Waals surface area contributed by atoms with E-state index in [4.69, 9.17) is 9.47 Å². The van der Waals surface area contributed by atoms with Crippen molar-refractivity contribution in [1.82, 2.24) is 10.6 Å².